The van der Waals surface area contributed by atoms with Gasteiger partial charge in [-0.1, -0.05) is 77.9 Å². The number of sulfonamides is 1. The number of nitrogens with one attached hydrogen (secondary N) is 1. The molecule has 0 spiro atoms. The maximum atomic E-state index is 14.1. The summed E-state index contributed by atoms with van der Waals surface area (Å²) in [5.41, 5.74) is 4.12. The number of methoxy groups -OCH3 is 1. The molecule has 3 aromatic rings. The van der Waals surface area contributed by atoms with Gasteiger partial charge in [0, 0.05) is 0 Å². The van der Waals surface area contributed by atoms with Gasteiger partial charge in [0.2, 0.25) is 10.0 Å². The lowest BCUT2D eigenvalue weighted by Gasteiger charge is -2.26. The first-order valence-electron chi connectivity index (χ1n) is 12.0. The van der Waals surface area contributed by atoms with E-state index in [2.05, 4.69) is 18.6 Å². The number of benzene rings is 3. The summed E-state index contributed by atoms with van der Waals surface area (Å²) in [4.78, 5) is 0.340. The highest BCUT2D eigenvalue weighted by molar-refractivity contribution is 7.89. The van der Waals surface area contributed by atoms with Crippen LogP contribution >= 0.6 is 0 Å². The Bertz CT molecular complexity index is 1220. The van der Waals surface area contributed by atoms with Crippen molar-refractivity contribution in [3.63, 3.8) is 0 Å². The van der Waals surface area contributed by atoms with Crippen LogP contribution in [0.1, 0.15) is 93.2 Å². The fourth-order valence-corrected chi connectivity index (χ4v) is 6.10. The van der Waals surface area contributed by atoms with Crippen molar-refractivity contribution < 1.29 is 17.5 Å². The quantitative estimate of drug-likeness (QED) is 0.338. The van der Waals surface area contributed by atoms with Crippen molar-refractivity contribution in [1.29, 1.82) is 0 Å². The first-order valence-corrected chi connectivity index (χ1v) is 13.5. The van der Waals surface area contributed by atoms with Gasteiger partial charge < -0.3 is 4.74 Å². The van der Waals surface area contributed by atoms with Crippen molar-refractivity contribution in [2.24, 2.45) is 0 Å². The Hall–Kier alpha value is -2.70. The molecule has 0 saturated heterocycles. The summed E-state index contributed by atoms with van der Waals surface area (Å²) in [7, 11) is -2.37. The largest absolute Gasteiger partial charge is 0.497 e. The monoisotopic (exact) mass is 497 g/mol. The van der Waals surface area contributed by atoms with Crippen molar-refractivity contribution in [2.75, 3.05) is 7.11 Å². The van der Waals surface area contributed by atoms with Crippen LogP contribution in [-0.2, 0) is 10.0 Å². The van der Waals surface area contributed by atoms with Gasteiger partial charge >= 0.3 is 0 Å². The maximum absolute atomic E-state index is 14.1. The van der Waals surface area contributed by atoms with E-state index in [1.165, 1.54) is 12.1 Å². The Balaban J connectivity index is 2.20. The molecule has 0 aromatic heterocycles. The molecule has 0 saturated carbocycles. The summed E-state index contributed by atoms with van der Waals surface area (Å²) >= 11 is 0. The van der Waals surface area contributed by atoms with Gasteiger partial charge in [-0.15, -0.1) is 0 Å². The average molecular weight is 498 g/mol. The highest BCUT2D eigenvalue weighted by Crippen LogP contribution is 2.36. The molecule has 0 aliphatic heterocycles. The molecule has 1 unspecified atom stereocenters. The van der Waals surface area contributed by atoms with E-state index in [0.717, 1.165) is 22.3 Å². The molecule has 1 atom stereocenters. The van der Waals surface area contributed by atoms with E-state index in [-0.39, 0.29) is 23.6 Å². The van der Waals surface area contributed by atoms with Gasteiger partial charge in [0.05, 0.1) is 18.0 Å². The molecule has 0 heterocycles. The highest BCUT2D eigenvalue weighted by atomic mass is 32.2. The fraction of sp³-hybridized carbons (Fsp3) is 0.379. The van der Waals surface area contributed by atoms with Gasteiger partial charge in [0.15, 0.2) is 0 Å². The zero-order valence-corrected chi connectivity index (χ0v) is 22.4. The minimum absolute atomic E-state index is 0.0167. The Labute approximate surface area is 209 Å². The van der Waals surface area contributed by atoms with Crippen LogP contribution in [0.15, 0.2) is 65.6 Å². The molecule has 3 aromatic carbocycles. The topological polar surface area (TPSA) is 55.4 Å². The van der Waals surface area contributed by atoms with E-state index in [1.807, 2.05) is 52.0 Å². The van der Waals surface area contributed by atoms with E-state index in [9.17, 15) is 12.8 Å². The van der Waals surface area contributed by atoms with E-state index >= 15 is 0 Å². The summed E-state index contributed by atoms with van der Waals surface area (Å²) in [6, 6.07) is 16.5. The van der Waals surface area contributed by atoms with Gasteiger partial charge in [-0.05, 0) is 69.8 Å². The molecule has 0 aliphatic rings. The van der Waals surface area contributed by atoms with Gasteiger partial charge in [-0.3, -0.25) is 0 Å². The predicted octanol–water partition coefficient (Wildman–Crippen LogP) is 7.27. The molecule has 0 fully saturated rings. The second-order valence-corrected chi connectivity index (χ2v) is 11.5. The smallest absolute Gasteiger partial charge is 0.242 e. The summed E-state index contributed by atoms with van der Waals surface area (Å²) in [5.74, 6) is 0.605. The van der Waals surface area contributed by atoms with Crippen LogP contribution in [0.2, 0.25) is 0 Å². The maximum Gasteiger partial charge on any atom is 0.242 e. The van der Waals surface area contributed by atoms with Crippen LogP contribution in [-0.4, -0.2) is 15.5 Å². The predicted molar refractivity (Wildman–Crippen MR) is 140 cm³/mol. The summed E-state index contributed by atoms with van der Waals surface area (Å²) < 4.78 is 50.1. The van der Waals surface area contributed by atoms with Gasteiger partial charge in [0.1, 0.15) is 11.6 Å². The Morgan fingerprint density at radius 2 is 1.17 bits per heavy atom. The molecule has 3 rings (SSSR count). The third kappa shape index (κ3) is 6.11. The van der Waals surface area contributed by atoms with Crippen LogP contribution in [0.3, 0.4) is 0 Å². The molecule has 0 aliphatic carbocycles. The summed E-state index contributed by atoms with van der Waals surface area (Å²) in [5, 5.41) is 0. The standard InChI is InChI=1S/C29H36FNO3S/c1-18(2)23-16-26(19(3)4)29(27(17-23)20(5)6)35(32,33)31-28(21-8-12-24(30)13-9-21)22-10-14-25(34-7)15-11-22/h8-20,28,31H,1-7H3. The average Bonchev–Trinajstić information content (AvgIpc) is 2.82. The number of ether oxygens (including phenoxy) is 1. The molecule has 188 valence electrons. The van der Waals surface area contributed by atoms with Crippen molar-refractivity contribution in [2.45, 2.75) is 70.2 Å². The zero-order valence-electron chi connectivity index (χ0n) is 21.6. The molecular weight excluding hydrogens is 461 g/mol. The van der Waals surface area contributed by atoms with E-state index in [0.29, 0.717) is 16.2 Å². The van der Waals surface area contributed by atoms with Crippen LogP contribution in [0.4, 0.5) is 4.39 Å². The van der Waals surface area contributed by atoms with Gasteiger partial charge in [-0.25, -0.2) is 12.8 Å². The van der Waals surface area contributed by atoms with Crippen molar-refractivity contribution in [3.8, 4) is 5.75 Å². The van der Waals surface area contributed by atoms with Crippen molar-refractivity contribution in [1.82, 2.24) is 4.72 Å². The fourth-order valence-electron chi connectivity index (χ4n) is 4.19. The second-order valence-electron chi connectivity index (χ2n) is 9.87. The van der Waals surface area contributed by atoms with Crippen LogP contribution in [0.25, 0.3) is 0 Å². The normalized spacial score (nSPS) is 13.0. The summed E-state index contributed by atoms with van der Waals surface area (Å²) in [6.07, 6.45) is 0. The Kier molecular flexibility index (Phi) is 8.39. The Morgan fingerprint density at radius 3 is 1.57 bits per heavy atom. The zero-order chi connectivity index (χ0) is 25.9. The van der Waals surface area contributed by atoms with Crippen LogP contribution in [0.5, 0.6) is 5.75 Å². The minimum Gasteiger partial charge on any atom is -0.497 e. The molecule has 6 heteroatoms. The molecule has 0 amide bonds. The highest BCUT2D eigenvalue weighted by Gasteiger charge is 2.30. The molecule has 0 radical (unpaired) electrons. The minimum atomic E-state index is -3.95. The third-order valence-corrected chi connectivity index (χ3v) is 7.83. The molecular formula is C29H36FNO3S. The summed E-state index contributed by atoms with van der Waals surface area (Å²) in [6.45, 7) is 12.3. The molecule has 35 heavy (non-hydrogen) atoms. The molecule has 0 bridgehead atoms. The Morgan fingerprint density at radius 1 is 0.714 bits per heavy atom. The van der Waals surface area contributed by atoms with Crippen LogP contribution in [0, 0.1) is 5.82 Å². The number of halogens is 1. The van der Waals surface area contributed by atoms with Gasteiger partial charge in [0.25, 0.3) is 0 Å². The first kappa shape index (κ1) is 26.9. The number of rotatable bonds is 9. The number of hydrogen-bond acceptors (Lipinski definition) is 3. The van der Waals surface area contributed by atoms with Crippen LogP contribution < -0.4 is 9.46 Å². The van der Waals surface area contributed by atoms with Crippen molar-refractivity contribution >= 4 is 10.0 Å². The lowest BCUT2D eigenvalue weighted by atomic mass is 9.89. The molecule has 1 N–H and O–H groups in total. The number of hydrogen-bond donors (Lipinski definition) is 1. The second kappa shape index (κ2) is 10.9. The first-order chi connectivity index (χ1) is 16.4. The SMILES string of the molecule is COc1ccc(C(NS(=O)(=O)c2c(C(C)C)cc(C(C)C)cc2C(C)C)c2ccc(F)cc2)cc1. The van der Waals surface area contributed by atoms with Gasteiger partial charge in [-0.2, -0.15) is 4.72 Å². The van der Waals surface area contributed by atoms with E-state index < -0.39 is 16.1 Å². The van der Waals surface area contributed by atoms with E-state index in [4.69, 9.17) is 4.74 Å². The third-order valence-electron chi connectivity index (χ3n) is 6.27. The lowest BCUT2D eigenvalue weighted by Crippen LogP contribution is -2.31. The molecule has 4 nitrogen and oxygen atoms in total. The lowest BCUT2D eigenvalue weighted by molar-refractivity contribution is 0.414. The van der Waals surface area contributed by atoms with Crippen molar-refractivity contribution in [3.05, 3.63) is 94.3 Å². The van der Waals surface area contributed by atoms with E-state index in [1.54, 1.807) is 31.4 Å².